The van der Waals surface area contributed by atoms with Gasteiger partial charge in [0.25, 0.3) is 5.91 Å². The number of aliphatic carboxylic acids is 1. The van der Waals surface area contributed by atoms with Crippen molar-refractivity contribution in [2.24, 2.45) is 0 Å². The Bertz CT molecular complexity index is 1020. The quantitative estimate of drug-likeness (QED) is 0.638. The van der Waals surface area contributed by atoms with E-state index in [0.717, 1.165) is 11.0 Å². The molecular weight excluding hydrogens is 417 g/mol. The topological polar surface area (TPSA) is 112 Å². The van der Waals surface area contributed by atoms with Gasteiger partial charge in [-0.15, -0.1) is 0 Å². The van der Waals surface area contributed by atoms with Gasteiger partial charge in [0.05, 0.1) is 17.2 Å². The van der Waals surface area contributed by atoms with E-state index >= 15 is 0 Å². The first-order chi connectivity index (χ1) is 14.4. The summed E-state index contributed by atoms with van der Waals surface area (Å²) in [7, 11) is 1.24. The van der Waals surface area contributed by atoms with Crippen molar-refractivity contribution >= 4 is 24.0 Å². The monoisotopic (exact) mass is 438 g/mol. The minimum Gasteiger partial charge on any atom is -0.480 e. The number of nitrogens with zero attached hydrogens (tertiary/aromatic N) is 3. The van der Waals surface area contributed by atoms with E-state index in [2.05, 4.69) is 15.3 Å². The highest BCUT2D eigenvalue weighted by Gasteiger charge is 2.33. The third-order valence-electron chi connectivity index (χ3n) is 4.60. The number of carbonyl (C=O) groups is 3. The summed E-state index contributed by atoms with van der Waals surface area (Å²) in [6, 6.07) is 3.08. The second kappa shape index (κ2) is 9.11. The molecule has 0 bridgehead atoms. The molecule has 1 amide bonds. The smallest absolute Gasteiger partial charge is 0.416 e. The first kappa shape index (κ1) is 23.8. The Kier molecular flexibility index (Phi) is 6.98. The van der Waals surface area contributed by atoms with Gasteiger partial charge < -0.3 is 15.3 Å². The van der Waals surface area contributed by atoms with Crippen LogP contribution in [-0.2, 0) is 11.0 Å². The van der Waals surface area contributed by atoms with Crippen molar-refractivity contribution in [1.82, 2.24) is 14.9 Å². The van der Waals surface area contributed by atoms with E-state index in [1.807, 2.05) is 0 Å². The highest BCUT2D eigenvalue weighted by atomic mass is 19.4. The van der Waals surface area contributed by atoms with Crippen LogP contribution in [0.3, 0.4) is 0 Å². The number of halogens is 3. The fourth-order valence-corrected chi connectivity index (χ4v) is 3.13. The molecule has 31 heavy (non-hydrogen) atoms. The molecule has 1 heterocycles. The van der Waals surface area contributed by atoms with E-state index in [-0.39, 0.29) is 28.5 Å². The summed E-state index contributed by atoms with van der Waals surface area (Å²) in [5.74, 6) is -1.98. The molecule has 166 valence electrons. The van der Waals surface area contributed by atoms with Crippen molar-refractivity contribution in [3.63, 3.8) is 0 Å². The predicted octanol–water partition coefficient (Wildman–Crippen LogP) is 3.25. The first-order valence-corrected chi connectivity index (χ1v) is 9.11. The van der Waals surface area contributed by atoms with Gasteiger partial charge in [0.2, 0.25) is 0 Å². The molecule has 0 fully saturated rings. The molecule has 1 aromatic carbocycles. The lowest BCUT2D eigenvalue weighted by Crippen LogP contribution is -2.33. The molecule has 0 spiro atoms. The maximum absolute atomic E-state index is 13.2. The fourth-order valence-electron chi connectivity index (χ4n) is 3.13. The summed E-state index contributed by atoms with van der Waals surface area (Å²) in [5, 5.41) is 11.8. The average Bonchev–Trinajstić information content (AvgIpc) is 2.65. The van der Waals surface area contributed by atoms with Gasteiger partial charge in [-0.2, -0.15) is 13.2 Å². The van der Waals surface area contributed by atoms with Crippen LogP contribution >= 0.6 is 0 Å². The van der Waals surface area contributed by atoms with Crippen LogP contribution in [0.5, 0.6) is 0 Å². The number of carboxylic acids is 1. The molecular formula is C20H21F3N4O4. The Labute approximate surface area is 176 Å². The number of aromatic nitrogens is 2. The number of alkyl halides is 3. The molecule has 2 N–H and O–H groups in total. The molecule has 0 aliphatic heterocycles. The zero-order valence-corrected chi connectivity index (χ0v) is 17.2. The van der Waals surface area contributed by atoms with Crippen LogP contribution < -0.4 is 5.32 Å². The number of carboxylic acid groups (broad SMARTS) is 1. The number of likely N-dealkylation sites (N-methyl/N-ethyl adjacent to an activating group) is 1. The molecule has 0 radical (unpaired) electrons. The maximum atomic E-state index is 13.2. The summed E-state index contributed by atoms with van der Waals surface area (Å²) in [5.41, 5.74) is -0.949. The van der Waals surface area contributed by atoms with E-state index < -0.39 is 36.2 Å². The third-order valence-corrected chi connectivity index (χ3v) is 4.60. The number of aldehydes is 1. The van der Waals surface area contributed by atoms with Gasteiger partial charge in [0, 0.05) is 7.05 Å². The number of rotatable bonds is 7. The minimum atomic E-state index is -4.52. The van der Waals surface area contributed by atoms with Crippen molar-refractivity contribution < 1.29 is 32.7 Å². The zero-order chi connectivity index (χ0) is 23.5. The molecule has 2 aromatic rings. The molecule has 0 unspecified atom stereocenters. The minimum absolute atomic E-state index is 0.0194. The summed E-state index contributed by atoms with van der Waals surface area (Å²) in [4.78, 5) is 44.1. The molecule has 0 saturated heterocycles. The van der Waals surface area contributed by atoms with Crippen molar-refractivity contribution in [2.75, 3.05) is 18.9 Å². The number of aryl methyl sites for hydroxylation is 1. The number of anilines is 1. The lowest BCUT2D eigenvalue weighted by molar-refractivity contribution is -0.138. The average molecular weight is 438 g/mol. The second-order valence-corrected chi connectivity index (χ2v) is 6.94. The lowest BCUT2D eigenvalue weighted by Gasteiger charge is -2.22. The van der Waals surface area contributed by atoms with Crippen molar-refractivity contribution in [3.8, 4) is 0 Å². The predicted molar refractivity (Wildman–Crippen MR) is 105 cm³/mol. The van der Waals surface area contributed by atoms with Gasteiger partial charge in [-0.3, -0.25) is 14.4 Å². The van der Waals surface area contributed by atoms with E-state index in [0.29, 0.717) is 11.8 Å². The SMILES string of the molecule is Cc1nc(N[C@H](C)c2cccc(C(F)(F)F)c2C)c(C=O)c(C(=O)N(C)CC(=O)O)n1. The lowest BCUT2D eigenvalue weighted by atomic mass is 9.97. The number of carbonyl (C=O) groups excluding carboxylic acids is 2. The molecule has 0 aliphatic rings. The molecule has 8 nitrogen and oxygen atoms in total. The van der Waals surface area contributed by atoms with Crippen LogP contribution in [0, 0.1) is 13.8 Å². The van der Waals surface area contributed by atoms with E-state index in [1.165, 1.54) is 33.0 Å². The zero-order valence-electron chi connectivity index (χ0n) is 17.2. The number of hydrogen-bond acceptors (Lipinski definition) is 6. The normalized spacial score (nSPS) is 12.2. The van der Waals surface area contributed by atoms with E-state index in [1.54, 1.807) is 6.92 Å². The van der Waals surface area contributed by atoms with Crippen LogP contribution in [0.1, 0.15) is 56.3 Å². The highest BCUT2D eigenvalue weighted by molar-refractivity contribution is 6.02. The first-order valence-electron chi connectivity index (χ1n) is 9.11. The summed E-state index contributed by atoms with van der Waals surface area (Å²) in [6.45, 7) is 3.79. The van der Waals surface area contributed by atoms with Crippen molar-refractivity contribution in [1.29, 1.82) is 0 Å². The Balaban J connectivity index is 2.47. The van der Waals surface area contributed by atoms with Gasteiger partial charge in [-0.25, -0.2) is 9.97 Å². The van der Waals surface area contributed by atoms with Gasteiger partial charge in [0.15, 0.2) is 6.29 Å². The van der Waals surface area contributed by atoms with Crippen molar-refractivity contribution in [3.05, 3.63) is 52.0 Å². The summed E-state index contributed by atoms with van der Waals surface area (Å²) < 4.78 is 39.7. The van der Waals surface area contributed by atoms with Crippen LogP contribution in [0.25, 0.3) is 0 Å². The Morgan fingerprint density at radius 1 is 1.26 bits per heavy atom. The second-order valence-electron chi connectivity index (χ2n) is 6.94. The highest BCUT2D eigenvalue weighted by Crippen LogP contribution is 2.35. The third kappa shape index (κ3) is 5.36. The molecule has 1 atom stereocenters. The Morgan fingerprint density at radius 2 is 1.90 bits per heavy atom. The summed E-state index contributed by atoms with van der Waals surface area (Å²) >= 11 is 0. The molecule has 1 aromatic heterocycles. The Morgan fingerprint density at radius 3 is 2.45 bits per heavy atom. The standard InChI is InChI=1S/C20H21F3N4O4/c1-10-13(6-5-7-15(10)20(21,22)23)11(2)24-18-14(9-28)17(25-12(3)26-18)19(31)27(4)8-16(29)30/h5-7,9,11H,8H2,1-4H3,(H,29,30)(H,24,25,26)/t11-/m1/s1. The van der Waals surface area contributed by atoms with Crippen LogP contribution in [0.2, 0.25) is 0 Å². The van der Waals surface area contributed by atoms with Gasteiger partial charge in [-0.05, 0) is 38.0 Å². The number of amides is 1. The van der Waals surface area contributed by atoms with E-state index in [9.17, 15) is 27.6 Å². The fraction of sp³-hybridized carbons (Fsp3) is 0.350. The van der Waals surface area contributed by atoms with Crippen molar-refractivity contribution in [2.45, 2.75) is 33.0 Å². The van der Waals surface area contributed by atoms with Crippen LogP contribution in [-0.4, -0.2) is 51.7 Å². The van der Waals surface area contributed by atoms with Gasteiger partial charge in [0.1, 0.15) is 23.9 Å². The van der Waals surface area contributed by atoms with Crippen LogP contribution in [0.15, 0.2) is 18.2 Å². The Hall–Kier alpha value is -3.50. The molecule has 0 saturated carbocycles. The summed E-state index contributed by atoms with van der Waals surface area (Å²) in [6.07, 6.45) is -4.18. The van der Waals surface area contributed by atoms with Crippen LogP contribution in [0.4, 0.5) is 19.0 Å². The number of hydrogen-bond donors (Lipinski definition) is 2. The van der Waals surface area contributed by atoms with Gasteiger partial charge in [-0.1, -0.05) is 12.1 Å². The number of nitrogens with one attached hydrogen (secondary N) is 1. The number of benzene rings is 1. The largest absolute Gasteiger partial charge is 0.480 e. The maximum Gasteiger partial charge on any atom is 0.416 e. The van der Waals surface area contributed by atoms with Gasteiger partial charge >= 0.3 is 12.1 Å². The molecule has 0 aliphatic carbocycles. The molecule has 11 heteroatoms. The molecule has 2 rings (SSSR count). The van der Waals surface area contributed by atoms with E-state index in [4.69, 9.17) is 5.11 Å².